The van der Waals surface area contributed by atoms with Gasteiger partial charge in [-0.25, -0.2) is 9.59 Å². The molecule has 140 valence electrons. The zero-order chi connectivity index (χ0) is 17.1. The SMILES string of the molecule is C#Cc1c(C(=O)O)ccc(C23CC4CC(CC(C4)C2)C3)c1C(=O)O.Cl.Cl. The lowest BCUT2D eigenvalue weighted by Crippen LogP contribution is -2.49. The number of terminal acetylenes is 1. The molecular weight excluding hydrogens is 375 g/mol. The number of carbonyl (C=O) groups is 2. The van der Waals surface area contributed by atoms with Crippen LogP contribution in [0.3, 0.4) is 0 Å². The lowest BCUT2D eigenvalue weighted by molar-refractivity contribution is -0.00585. The van der Waals surface area contributed by atoms with Crippen molar-refractivity contribution in [3.8, 4) is 12.3 Å². The van der Waals surface area contributed by atoms with E-state index in [0.717, 1.165) is 24.8 Å². The first-order valence-corrected chi connectivity index (χ1v) is 8.54. The zero-order valence-corrected chi connectivity index (χ0v) is 15.9. The third-order valence-electron chi connectivity index (χ3n) is 6.40. The minimum absolute atomic E-state index is 0. The molecule has 1 aromatic carbocycles. The number of hydrogen-bond acceptors (Lipinski definition) is 2. The van der Waals surface area contributed by atoms with Crippen LogP contribution in [0.4, 0.5) is 0 Å². The van der Waals surface area contributed by atoms with Crippen molar-refractivity contribution in [1.82, 2.24) is 0 Å². The van der Waals surface area contributed by atoms with Crippen molar-refractivity contribution in [1.29, 1.82) is 0 Å². The number of aromatic carboxylic acids is 2. The maximum atomic E-state index is 12.0. The first-order valence-electron chi connectivity index (χ1n) is 8.54. The highest BCUT2D eigenvalue weighted by Gasteiger charge is 2.52. The Kier molecular flexibility index (Phi) is 5.66. The maximum Gasteiger partial charge on any atom is 0.337 e. The van der Waals surface area contributed by atoms with E-state index >= 15 is 0 Å². The van der Waals surface area contributed by atoms with Crippen molar-refractivity contribution in [2.75, 3.05) is 0 Å². The Labute approximate surface area is 165 Å². The van der Waals surface area contributed by atoms with Crippen LogP contribution in [0.15, 0.2) is 12.1 Å². The summed E-state index contributed by atoms with van der Waals surface area (Å²) in [6, 6.07) is 3.22. The lowest BCUT2D eigenvalue weighted by Gasteiger charge is -2.57. The Bertz CT molecular complexity index is 758. The molecule has 5 rings (SSSR count). The summed E-state index contributed by atoms with van der Waals surface area (Å²) in [6.45, 7) is 0. The number of rotatable bonds is 3. The molecule has 26 heavy (non-hydrogen) atoms. The van der Waals surface area contributed by atoms with Crippen LogP contribution < -0.4 is 0 Å². The van der Waals surface area contributed by atoms with E-state index in [0.29, 0.717) is 17.8 Å². The summed E-state index contributed by atoms with van der Waals surface area (Å²) in [5, 5.41) is 19.1. The van der Waals surface area contributed by atoms with Gasteiger partial charge in [0.15, 0.2) is 0 Å². The van der Waals surface area contributed by atoms with Crippen LogP contribution in [0, 0.1) is 30.1 Å². The average Bonchev–Trinajstić information content (AvgIpc) is 2.51. The second-order valence-electron chi connectivity index (χ2n) is 7.86. The number of benzene rings is 1. The lowest BCUT2D eigenvalue weighted by atomic mass is 9.47. The molecule has 4 aliphatic carbocycles. The number of hydrogen-bond donors (Lipinski definition) is 2. The van der Waals surface area contributed by atoms with Crippen LogP contribution in [0.5, 0.6) is 0 Å². The second-order valence-corrected chi connectivity index (χ2v) is 7.86. The largest absolute Gasteiger partial charge is 0.478 e. The standard InChI is InChI=1S/C20H20O4.2ClH/c1-2-14-15(18(21)22)3-4-16(17(14)19(23)24)20-8-11-5-12(9-20)7-13(6-11)10-20;;/h1,3-4,11-13H,5-10H2,(H,21,22)(H,23,24);2*1H. The van der Waals surface area contributed by atoms with E-state index in [9.17, 15) is 19.8 Å². The Morgan fingerprint density at radius 3 is 1.85 bits per heavy atom. The van der Waals surface area contributed by atoms with Gasteiger partial charge < -0.3 is 10.2 Å². The topological polar surface area (TPSA) is 74.6 Å². The van der Waals surface area contributed by atoms with Gasteiger partial charge in [0.05, 0.1) is 16.7 Å². The third kappa shape index (κ3) is 2.98. The molecule has 0 radical (unpaired) electrons. The van der Waals surface area contributed by atoms with E-state index in [2.05, 4.69) is 5.92 Å². The summed E-state index contributed by atoms with van der Waals surface area (Å²) >= 11 is 0. The van der Waals surface area contributed by atoms with Gasteiger partial charge in [0, 0.05) is 0 Å². The minimum Gasteiger partial charge on any atom is -0.478 e. The highest BCUT2D eigenvalue weighted by atomic mass is 35.5. The van der Waals surface area contributed by atoms with Gasteiger partial charge in [-0.05, 0) is 73.3 Å². The van der Waals surface area contributed by atoms with E-state index in [1.807, 2.05) is 0 Å². The summed E-state index contributed by atoms with van der Waals surface area (Å²) in [7, 11) is 0. The average molecular weight is 397 g/mol. The quantitative estimate of drug-likeness (QED) is 0.743. The fourth-order valence-electron chi connectivity index (χ4n) is 6.04. The number of halogens is 2. The van der Waals surface area contributed by atoms with Gasteiger partial charge in [0.1, 0.15) is 0 Å². The predicted octanol–water partition coefficient (Wildman–Crippen LogP) is 4.38. The van der Waals surface area contributed by atoms with Gasteiger partial charge >= 0.3 is 11.9 Å². The summed E-state index contributed by atoms with van der Waals surface area (Å²) in [5.41, 5.74) is 0.600. The van der Waals surface area contributed by atoms with Crippen molar-refractivity contribution >= 4 is 36.8 Å². The normalized spacial score (nSPS) is 30.7. The molecule has 4 saturated carbocycles. The third-order valence-corrected chi connectivity index (χ3v) is 6.40. The van der Waals surface area contributed by atoms with Crippen LogP contribution in [-0.4, -0.2) is 22.2 Å². The number of carboxylic acid groups (broad SMARTS) is 2. The molecule has 1 aromatic rings. The van der Waals surface area contributed by atoms with Crippen molar-refractivity contribution in [2.24, 2.45) is 17.8 Å². The van der Waals surface area contributed by atoms with E-state index in [-0.39, 0.29) is 46.9 Å². The molecule has 0 aliphatic heterocycles. The Balaban J connectivity index is 0.00000121. The summed E-state index contributed by atoms with van der Waals surface area (Å²) < 4.78 is 0. The molecular formula is C20H22Cl2O4. The fourth-order valence-corrected chi connectivity index (χ4v) is 6.04. The molecule has 0 aromatic heterocycles. The van der Waals surface area contributed by atoms with Crippen molar-refractivity contribution in [2.45, 2.75) is 43.9 Å². The Morgan fingerprint density at radius 2 is 1.46 bits per heavy atom. The van der Waals surface area contributed by atoms with Crippen molar-refractivity contribution in [3.63, 3.8) is 0 Å². The molecule has 4 bridgehead atoms. The van der Waals surface area contributed by atoms with Gasteiger partial charge in [-0.15, -0.1) is 31.2 Å². The van der Waals surface area contributed by atoms with Crippen molar-refractivity contribution in [3.05, 3.63) is 34.4 Å². The summed E-state index contributed by atoms with van der Waals surface area (Å²) in [5.74, 6) is 2.06. The van der Waals surface area contributed by atoms with Crippen molar-refractivity contribution < 1.29 is 19.8 Å². The van der Waals surface area contributed by atoms with Crippen LogP contribution >= 0.6 is 24.8 Å². The molecule has 0 amide bonds. The highest BCUT2D eigenvalue weighted by Crippen LogP contribution is 2.61. The van der Waals surface area contributed by atoms with Gasteiger partial charge in [-0.1, -0.05) is 12.0 Å². The minimum atomic E-state index is -1.18. The fraction of sp³-hybridized carbons (Fsp3) is 0.500. The zero-order valence-electron chi connectivity index (χ0n) is 14.2. The molecule has 4 fully saturated rings. The monoisotopic (exact) mass is 396 g/mol. The van der Waals surface area contributed by atoms with Crippen LogP contribution in [0.25, 0.3) is 0 Å². The molecule has 4 aliphatic rings. The Morgan fingerprint density at radius 1 is 0.962 bits per heavy atom. The van der Waals surface area contributed by atoms with Gasteiger partial charge in [-0.2, -0.15) is 0 Å². The molecule has 0 saturated heterocycles. The molecule has 0 unspecified atom stereocenters. The van der Waals surface area contributed by atoms with E-state index in [1.165, 1.54) is 25.3 Å². The molecule has 4 nitrogen and oxygen atoms in total. The Hall–Kier alpha value is -1.70. The number of carboxylic acids is 2. The van der Waals surface area contributed by atoms with Gasteiger partial charge in [0.2, 0.25) is 0 Å². The predicted molar refractivity (Wildman–Crippen MR) is 103 cm³/mol. The van der Waals surface area contributed by atoms with Gasteiger partial charge in [-0.3, -0.25) is 0 Å². The van der Waals surface area contributed by atoms with Crippen LogP contribution in [0.2, 0.25) is 0 Å². The van der Waals surface area contributed by atoms with E-state index in [1.54, 1.807) is 6.07 Å². The first kappa shape index (κ1) is 20.6. The molecule has 6 heteroatoms. The molecule has 0 heterocycles. The highest BCUT2D eigenvalue weighted by molar-refractivity contribution is 5.99. The first-order chi connectivity index (χ1) is 11.4. The van der Waals surface area contributed by atoms with Crippen LogP contribution in [0.1, 0.15) is 70.4 Å². The molecule has 0 atom stereocenters. The van der Waals surface area contributed by atoms with E-state index < -0.39 is 11.9 Å². The molecule has 0 spiro atoms. The maximum absolute atomic E-state index is 12.0. The van der Waals surface area contributed by atoms with Gasteiger partial charge in [0.25, 0.3) is 0 Å². The molecule has 2 N–H and O–H groups in total. The summed E-state index contributed by atoms with van der Waals surface area (Å²) in [6.07, 6.45) is 12.3. The smallest absolute Gasteiger partial charge is 0.337 e. The second kappa shape index (κ2) is 7.13. The summed E-state index contributed by atoms with van der Waals surface area (Å²) in [4.78, 5) is 23.4. The van der Waals surface area contributed by atoms with Crippen LogP contribution in [-0.2, 0) is 5.41 Å². The van der Waals surface area contributed by atoms with E-state index in [4.69, 9.17) is 6.42 Å².